The standard InChI is InChI=1S/C18H13ClF4N4/c19-14-8-13(7-11-9-24-26-16(11)14)27-12(2-1-5-20)6-10-3-4-15(18(21,22)23)25-17(10)27/h3-4,6-9H,1-2,5H2,(H,24,26). The molecule has 0 fully saturated rings. The molecule has 0 aliphatic carbocycles. The molecule has 140 valence electrons. The number of aromatic nitrogens is 4. The van der Waals surface area contributed by atoms with E-state index in [0.29, 0.717) is 39.1 Å². The summed E-state index contributed by atoms with van der Waals surface area (Å²) in [6, 6.07) is 7.43. The monoisotopic (exact) mass is 396 g/mol. The minimum atomic E-state index is -4.56. The van der Waals surface area contributed by atoms with Crippen LogP contribution in [-0.2, 0) is 12.6 Å². The molecule has 1 aromatic carbocycles. The summed E-state index contributed by atoms with van der Waals surface area (Å²) in [6.07, 6.45) is -2.37. The van der Waals surface area contributed by atoms with Crippen LogP contribution < -0.4 is 0 Å². The number of aromatic amines is 1. The van der Waals surface area contributed by atoms with Crippen molar-refractivity contribution in [3.8, 4) is 5.69 Å². The molecule has 3 aromatic heterocycles. The van der Waals surface area contributed by atoms with E-state index in [9.17, 15) is 17.6 Å². The number of benzene rings is 1. The van der Waals surface area contributed by atoms with E-state index >= 15 is 0 Å². The second-order valence-corrected chi connectivity index (χ2v) is 6.54. The van der Waals surface area contributed by atoms with Crippen LogP contribution in [0.3, 0.4) is 0 Å². The second kappa shape index (κ2) is 6.53. The average molecular weight is 397 g/mol. The third-order valence-corrected chi connectivity index (χ3v) is 4.63. The van der Waals surface area contributed by atoms with Crippen LogP contribution in [0.5, 0.6) is 0 Å². The van der Waals surface area contributed by atoms with Crippen molar-refractivity contribution in [1.82, 2.24) is 19.7 Å². The van der Waals surface area contributed by atoms with Gasteiger partial charge in [0.2, 0.25) is 0 Å². The predicted molar refractivity (Wildman–Crippen MR) is 95.0 cm³/mol. The largest absolute Gasteiger partial charge is 0.433 e. The Hall–Kier alpha value is -2.61. The Bertz CT molecular complexity index is 1130. The first-order chi connectivity index (χ1) is 12.9. The maximum absolute atomic E-state index is 13.1. The Morgan fingerprint density at radius 3 is 2.67 bits per heavy atom. The molecule has 0 saturated carbocycles. The van der Waals surface area contributed by atoms with E-state index in [1.54, 1.807) is 29.0 Å². The van der Waals surface area contributed by atoms with Gasteiger partial charge in [0.1, 0.15) is 11.3 Å². The van der Waals surface area contributed by atoms with Crippen molar-refractivity contribution in [2.75, 3.05) is 6.67 Å². The number of alkyl halides is 4. The Balaban J connectivity index is 1.99. The minimum absolute atomic E-state index is 0.151. The quantitative estimate of drug-likeness (QED) is 0.464. The van der Waals surface area contributed by atoms with Gasteiger partial charge in [0, 0.05) is 22.2 Å². The van der Waals surface area contributed by atoms with Gasteiger partial charge in [0.25, 0.3) is 0 Å². The van der Waals surface area contributed by atoms with E-state index in [-0.39, 0.29) is 12.1 Å². The van der Waals surface area contributed by atoms with Gasteiger partial charge in [0.05, 0.1) is 23.4 Å². The fourth-order valence-corrected chi connectivity index (χ4v) is 3.40. The van der Waals surface area contributed by atoms with E-state index in [1.165, 1.54) is 6.07 Å². The molecule has 0 amide bonds. The lowest BCUT2D eigenvalue weighted by Crippen LogP contribution is -2.09. The average Bonchev–Trinajstić information content (AvgIpc) is 3.22. The number of H-pyrrole nitrogens is 1. The fourth-order valence-electron chi connectivity index (χ4n) is 3.14. The third-order valence-electron chi connectivity index (χ3n) is 4.33. The molecule has 9 heteroatoms. The fraction of sp³-hybridized carbons (Fsp3) is 0.222. The van der Waals surface area contributed by atoms with Gasteiger partial charge in [-0.25, -0.2) is 4.98 Å². The number of aryl methyl sites for hydroxylation is 1. The number of hydrogen-bond acceptors (Lipinski definition) is 2. The second-order valence-electron chi connectivity index (χ2n) is 6.13. The van der Waals surface area contributed by atoms with E-state index in [2.05, 4.69) is 15.2 Å². The maximum atomic E-state index is 13.1. The lowest BCUT2D eigenvalue weighted by Gasteiger charge is -2.12. The lowest BCUT2D eigenvalue weighted by atomic mass is 10.2. The number of pyridine rings is 1. The van der Waals surface area contributed by atoms with Crippen molar-refractivity contribution in [2.24, 2.45) is 0 Å². The van der Waals surface area contributed by atoms with Gasteiger partial charge in [-0.1, -0.05) is 11.6 Å². The zero-order valence-corrected chi connectivity index (χ0v) is 14.6. The first-order valence-electron chi connectivity index (χ1n) is 8.16. The number of fused-ring (bicyclic) bond motifs is 2. The molecule has 4 rings (SSSR count). The first kappa shape index (κ1) is 17.8. The summed E-state index contributed by atoms with van der Waals surface area (Å²) in [4.78, 5) is 3.83. The van der Waals surface area contributed by atoms with Crippen molar-refractivity contribution in [2.45, 2.75) is 19.0 Å². The highest BCUT2D eigenvalue weighted by Gasteiger charge is 2.33. The van der Waals surface area contributed by atoms with Crippen molar-refractivity contribution in [3.63, 3.8) is 0 Å². The Labute approximate surface area is 155 Å². The molecule has 1 N–H and O–H groups in total. The van der Waals surface area contributed by atoms with Gasteiger partial charge in [-0.2, -0.15) is 18.3 Å². The molecule has 0 aliphatic rings. The smallest absolute Gasteiger partial charge is 0.298 e. The minimum Gasteiger partial charge on any atom is -0.298 e. The van der Waals surface area contributed by atoms with Crippen LogP contribution >= 0.6 is 11.6 Å². The van der Waals surface area contributed by atoms with Crippen LogP contribution in [-0.4, -0.2) is 26.4 Å². The van der Waals surface area contributed by atoms with Crippen LogP contribution in [0.4, 0.5) is 17.6 Å². The third kappa shape index (κ3) is 3.14. The summed E-state index contributed by atoms with van der Waals surface area (Å²) in [6.45, 7) is -0.524. The molecule has 0 bridgehead atoms. The van der Waals surface area contributed by atoms with Crippen LogP contribution in [0.2, 0.25) is 5.02 Å². The van der Waals surface area contributed by atoms with Crippen molar-refractivity contribution in [3.05, 3.63) is 52.9 Å². The number of hydrogen-bond donors (Lipinski definition) is 1. The molecule has 0 aliphatic heterocycles. The Morgan fingerprint density at radius 1 is 1.11 bits per heavy atom. The van der Waals surface area contributed by atoms with E-state index in [0.717, 1.165) is 6.07 Å². The summed E-state index contributed by atoms with van der Waals surface area (Å²) >= 11 is 6.29. The van der Waals surface area contributed by atoms with E-state index in [1.807, 2.05) is 0 Å². The zero-order valence-electron chi connectivity index (χ0n) is 13.8. The first-order valence-corrected chi connectivity index (χ1v) is 8.54. The topological polar surface area (TPSA) is 46.5 Å². The van der Waals surface area contributed by atoms with Gasteiger partial charge in [-0.3, -0.25) is 14.1 Å². The van der Waals surface area contributed by atoms with Crippen LogP contribution in [0.1, 0.15) is 17.8 Å². The summed E-state index contributed by atoms with van der Waals surface area (Å²) in [5.41, 5.74) is 1.00. The number of rotatable bonds is 4. The molecule has 0 radical (unpaired) electrons. The molecule has 4 nitrogen and oxygen atoms in total. The Morgan fingerprint density at radius 2 is 1.93 bits per heavy atom. The number of halogens is 5. The van der Waals surface area contributed by atoms with Gasteiger partial charge in [0.15, 0.2) is 0 Å². The Kier molecular flexibility index (Phi) is 4.30. The summed E-state index contributed by atoms with van der Waals surface area (Å²) in [5.74, 6) is 0. The van der Waals surface area contributed by atoms with Crippen molar-refractivity contribution in [1.29, 1.82) is 0 Å². The molecule has 3 heterocycles. The molecule has 0 saturated heterocycles. The normalized spacial score (nSPS) is 12.3. The van der Waals surface area contributed by atoms with Crippen LogP contribution in [0.25, 0.3) is 27.6 Å². The molecule has 0 unspecified atom stereocenters. The van der Waals surface area contributed by atoms with Crippen molar-refractivity contribution < 1.29 is 17.6 Å². The molecule has 27 heavy (non-hydrogen) atoms. The maximum Gasteiger partial charge on any atom is 0.433 e. The van der Waals surface area contributed by atoms with E-state index < -0.39 is 18.5 Å². The summed E-state index contributed by atoms with van der Waals surface area (Å²) < 4.78 is 53.7. The van der Waals surface area contributed by atoms with Gasteiger partial charge >= 0.3 is 6.18 Å². The number of nitrogens with zero attached hydrogens (tertiary/aromatic N) is 3. The van der Waals surface area contributed by atoms with E-state index in [4.69, 9.17) is 11.6 Å². The molecular formula is C18H13ClF4N4. The number of nitrogens with one attached hydrogen (secondary N) is 1. The highest BCUT2D eigenvalue weighted by molar-refractivity contribution is 6.35. The molecule has 0 atom stereocenters. The predicted octanol–water partition coefficient (Wildman–Crippen LogP) is 5.48. The summed E-state index contributed by atoms with van der Waals surface area (Å²) in [7, 11) is 0. The highest BCUT2D eigenvalue weighted by atomic mass is 35.5. The van der Waals surface area contributed by atoms with Gasteiger partial charge < -0.3 is 0 Å². The highest BCUT2D eigenvalue weighted by Crippen LogP contribution is 2.33. The SMILES string of the molecule is FCCCc1cc2ccc(C(F)(F)F)nc2n1-c1cc(Cl)c2[nH]ncc2c1. The van der Waals surface area contributed by atoms with Gasteiger partial charge in [-0.05, 0) is 43.2 Å². The van der Waals surface area contributed by atoms with Crippen LogP contribution in [0, 0.1) is 0 Å². The van der Waals surface area contributed by atoms with Gasteiger partial charge in [-0.15, -0.1) is 0 Å². The molecular weight excluding hydrogens is 384 g/mol. The zero-order chi connectivity index (χ0) is 19.2. The summed E-state index contributed by atoms with van der Waals surface area (Å²) in [5, 5.41) is 8.34. The molecule has 4 aromatic rings. The van der Waals surface area contributed by atoms with Crippen molar-refractivity contribution >= 4 is 33.5 Å². The lowest BCUT2D eigenvalue weighted by molar-refractivity contribution is -0.141. The van der Waals surface area contributed by atoms with Crippen LogP contribution in [0.15, 0.2) is 36.5 Å². The molecule has 0 spiro atoms.